The molecule has 15 heavy (non-hydrogen) atoms. The van der Waals surface area contributed by atoms with E-state index in [4.69, 9.17) is 19.3 Å². The van der Waals surface area contributed by atoms with Crippen molar-refractivity contribution in [3.05, 3.63) is 0 Å². The lowest BCUT2D eigenvalue weighted by molar-refractivity contribution is 0.160. The molecule has 0 aromatic heterocycles. The predicted molar refractivity (Wildman–Crippen MR) is 63.6 cm³/mol. The molecule has 0 saturated carbocycles. The van der Waals surface area contributed by atoms with Crippen LogP contribution < -0.4 is 5.73 Å². The van der Waals surface area contributed by atoms with Crippen LogP contribution in [0.4, 0.5) is 0 Å². The Kier molecular flexibility index (Phi) is 12.6. The minimum Gasteiger partial charge on any atom is -0.328 e. The summed E-state index contributed by atoms with van der Waals surface area (Å²) in [6.45, 7) is 6.68. The topological polar surface area (TPSA) is 53.7 Å². The average molecular weight is 237 g/mol. The first-order valence-electron chi connectivity index (χ1n) is 5.74. The fourth-order valence-corrected chi connectivity index (χ4v) is 1.84. The molecule has 0 aliphatic carbocycles. The van der Waals surface area contributed by atoms with Gasteiger partial charge >= 0.3 is 8.60 Å². The second-order valence-corrected chi connectivity index (χ2v) is 4.44. The molecule has 0 atom stereocenters. The van der Waals surface area contributed by atoms with Gasteiger partial charge in [-0.1, -0.05) is 26.7 Å². The monoisotopic (exact) mass is 237 g/mol. The molecule has 2 N–H and O–H groups in total. The van der Waals surface area contributed by atoms with Gasteiger partial charge in [-0.25, -0.2) is 0 Å². The molecule has 0 aromatic carbocycles. The Balaban J connectivity index is 3.53. The predicted octanol–water partition coefficient (Wildman–Crippen LogP) is 2.82. The zero-order valence-corrected chi connectivity index (χ0v) is 10.8. The molecule has 0 heterocycles. The molecule has 0 aromatic rings. The van der Waals surface area contributed by atoms with Gasteiger partial charge in [0.25, 0.3) is 0 Å². The maximum Gasteiger partial charge on any atom is 0.332 e. The highest BCUT2D eigenvalue weighted by atomic mass is 31.2. The molecular weight excluding hydrogens is 213 g/mol. The van der Waals surface area contributed by atoms with E-state index in [9.17, 15) is 0 Å². The summed E-state index contributed by atoms with van der Waals surface area (Å²) in [6.07, 6.45) is 4.33. The average Bonchev–Trinajstić information content (AvgIpc) is 2.25. The van der Waals surface area contributed by atoms with Gasteiger partial charge in [0.1, 0.15) is 0 Å². The van der Waals surface area contributed by atoms with Crippen molar-refractivity contribution >= 4 is 8.60 Å². The number of hydrogen-bond donors (Lipinski definition) is 1. The fraction of sp³-hybridized carbons (Fsp3) is 1.00. The SMILES string of the molecule is CCCCOP(OCCN)OCCCC. The first-order chi connectivity index (χ1) is 7.35. The van der Waals surface area contributed by atoms with Crippen LogP contribution in [0.3, 0.4) is 0 Å². The van der Waals surface area contributed by atoms with E-state index in [2.05, 4.69) is 13.8 Å². The van der Waals surface area contributed by atoms with Crippen molar-refractivity contribution in [3.8, 4) is 0 Å². The summed E-state index contributed by atoms with van der Waals surface area (Å²) >= 11 is 0. The molecule has 0 fully saturated rings. The molecule has 0 unspecified atom stereocenters. The Labute approximate surface area is 94.5 Å². The van der Waals surface area contributed by atoms with Crippen LogP contribution >= 0.6 is 8.60 Å². The van der Waals surface area contributed by atoms with E-state index in [-0.39, 0.29) is 0 Å². The Morgan fingerprint density at radius 3 is 1.73 bits per heavy atom. The second-order valence-electron chi connectivity index (χ2n) is 3.22. The van der Waals surface area contributed by atoms with E-state index >= 15 is 0 Å². The number of hydrogen-bond acceptors (Lipinski definition) is 4. The molecule has 0 radical (unpaired) electrons. The summed E-state index contributed by atoms with van der Waals surface area (Å²) in [5.41, 5.74) is 5.36. The summed E-state index contributed by atoms with van der Waals surface area (Å²) in [7, 11) is -1.17. The minimum atomic E-state index is -1.17. The van der Waals surface area contributed by atoms with E-state index in [1.807, 2.05) is 0 Å². The molecule has 4 nitrogen and oxygen atoms in total. The van der Waals surface area contributed by atoms with Crippen LogP contribution in [-0.4, -0.2) is 26.4 Å². The number of nitrogens with two attached hydrogens (primary N) is 1. The molecule has 0 bridgehead atoms. The van der Waals surface area contributed by atoms with Crippen LogP contribution in [0.5, 0.6) is 0 Å². The van der Waals surface area contributed by atoms with Gasteiger partial charge in [-0.15, -0.1) is 0 Å². The third kappa shape index (κ3) is 10.6. The number of unbranched alkanes of at least 4 members (excludes halogenated alkanes) is 2. The first kappa shape index (κ1) is 15.3. The largest absolute Gasteiger partial charge is 0.332 e. The summed E-state index contributed by atoms with van der Waals surface area (Å²) in [5.74, 6) is 0. The Morgan fingerprint density at radius 1 is 0.867 bits per heavy atom. The van der Waals surface area contributed by atoms with Gasteiger partial charge in [0.05, 0.1) is 19.8 Å². The van der Waals surface area contributed by atoms with E-state index in [0.29, 0.717) is 26.4 Å². The first-order valence-corrected chi connectivity index (χ1v) is 6.83. The van der Waals surface area contributed by atoms with Crippen molar-refractivity contribution in [1.29, 1.82) is 0 Å². The van der Waals surface area contributed by atoms with Gasteiger partial charge in [0, 0.05) is 6.54 Å². The van der Waals surface area contributed by atoms with E-state index in [1.54, 1.807) is 0 Å². The zero-order valence-electron chi connectivity index (χ0n) is 9.91. The van der Waals surface area contributed by atoms with Crippen molar-refractivity contribution in [2.24, 2.45) is 5.73 Å². The van der Waals surface area contributed by atoms with Crippen LogP contribution in [0, 0.1) is 0 Å². The molecule has 0 aliphatic heterocycles. The van der Waals surface area contributed by atoms with Crippen LogP contribution in [0.15, 0.2) is 0 Å². The third-order valence-corrected chi connectivity index (χ3v) is 2.88. The molecule has 92 valence electrons. The van der Waals surface area contributed by atoms with Gasteiger partial charge in [-0.05, 0) is 12.8 Å². The molecule has 0 saturated heterocycles. The highest BCUT2D eigenvalue weighted by Gasteiger charge is 2.11. The van der Waals surface area contributed by atoms with E-state index < -0.39 is 8.60 Å². The smallest absolute Gasteiger partial charge is 0.328 e. The van der Waals surface area contributed by atoms with Crippen molar-refractivity contribution < 1.29 is 13.6 Å². The van der Waals surface area contributed by atoms with Gasteiger partial charge in [-0.2, -0.15) is 0 Å². The van der Waals surface area contributed by atoms with Gasteiger partial charge in [0.15, 0.2) is 0 Å². The molecule has 0 aliphatic rings. The van der Waals surface area contributed by atoms with Crippen molar-refractivity contribution in [2.45, 2.75) is 39.5 Å². The van der Waals surface area contributed by atoms with Gasteiger partial charge in [0.2, 0.25) is 0 Å². The van der Waals surface area contributed by atoms with Crippen LogP contribution in [0.25, 0.3) is 0 Å². The van der Waals surface area contributed by atoms with E-state index in [1.165, 1.54) is 0 Å². The van der Waals surface area contributed by atoms with Crippen molar-refractivity contribution in [2.75, 3.05) is 26.4 Å². The zero-order chi connectivity index (χ0) is 11.4. The standard InChI is InChI=1S/C10H24NO3P/c1-3-5-8-12-15(14-10-7-11)13-9-6-4-2/h3-11H2,1-2H3. The van der Waals surface area contributed by atoms with Crippen LogP contribution in [-0.2, 0) is 13.6 Å². The second kappa shape index (κ2) is 12.3. The lowest BCUT2D eigenvalue weighted by atomic mass is 10.4. The van der Waals surface area contributed by atoms with Crippen molar-refractivity contribution in [1.82, 2.24) is 0 Å². The summed E-state index contributed by atoms with van der Waals surface area (Å²) in [6, 6.07) is 0. The molecule has 5 heteroatoms. The number of rotatable bonds is 11. The van der Waals surface area contributed by atoms with E-state index in [0.717, 1.165) is 25.7 Å². The fourth-order valence-electron chi connectivity index (χ4n) is 0.806. The van der Waals surface area contributed by atoms with Crippen LogP contribution in [0.1, 0.15) is 39.5 Å². The summed E-state index contributed by atoms with van der Waals surface area (Å²) in [4.78, 5) is 0. The summed E-state index contributed by atoms with van der Waals surface area (Å²) < 4.78 is 16.4. The molecular formula is C10H24NO3P. The third-order valence-electron chi connectivity index (χ3n) is 1.70. The quantitative estimate of drug-likeness (QED) is 0.443. The Bertz CT molecular complexity index is 117. The Hall–Kier alpha value is 0.270. The lowest BCUT2D eigenvalue weighted by Gasteiger charge is -2.15. The van der Waals surface area contributed by atoms with Crippen molar-refractivity contribution in [3.63, 3.8) is 0 Å². The normalized spacial score (nSPS) is 11.2. The van der Waals surface area contributed by atoms with Gasteiger partial charge < -0.3 is 19.3 Å². The van der Waals surface area contributed by atoms with Gasteiger partial charge in [-0.3, -0.25) is 0 Å². The molecule has 0 rings (SSSR count). The molecule has 0 amide bonds. The lowest BCUT2D eigenvalue weighted by Crippen LogP contribution is -2.08. The van der Waals surface area contributed by atoms with Crippen LogP contribution in [0.2, 0.25) is 0 Å². The highest BCUT2D eigenvalue weighted by Crippen LogP contribution is 2.39. The maximum atomic E-state index is 5.50. The Morgan fingerprint density at radius 2 is 1.33 bits per heavy atom. The highest BCUT2D eigenvalue weighted by molar-refractivity contribution is 7.41. The molecule has 0 spiro atoms. The summed E-state index contributed by atoms with van der Waals surface area (Å²) in [5, 5.41) is 0. The minimum absolute atomic E-state index is 0.504. The maximum absolute atomic E-state index is 5.50.